The van der Waals surface area contributed by atoms with E-state index in [9.17, 15) is 0 Å². The quantitative estimate of drug-likeness (QED) is 0.860. The molecule has 0 aliphatic heterocycles. The summed E-state index contributed by atoms with van der Waals surface area (Å²) in [5.74, 6) is 1.30. The number of hydrogen-bond donors (Lipinski definition) is 2. The van der Waals surface area contributed by atoms with Crippen LogP contribution < -0.4 is 10.5 Å². The second-order valence-electron chi connectivity index (χ2n) is 4.79. The SMILES string of the molecule is COc1ccc(CCN(C)C)cc1-c1cc(N)n[nH]1. The van der Waals surface area contributed by atoms with Crippen LogP contribution in [0.1, 0.15) is 5.56 Å². The van der Waals surface area contributed by atoms with Crippen LogP contribution in [0.15, 0.2) is 24.3 Å². The highest BCUT2D eigenvalue weighted by molar-refractivity contribution is 5.69. The zero-order valence-corrected chi connectivity index (χ0v) is 11.6. The highest BCUT2D eigenvalue weighted by Crippen LogP contribution is 2.30. The average molecular weight is 260 g/mol. The molecule has 0 unspecified atom stereocenters. The Morgan fingerprint density at radius 1 is 1.32 bits per heavy atom. The molecule has 102 valence electrons. The molecule has 2 rings (SSSR count). The third-order valence-corrected chi connectivity index (χ3v) is 3.00. The molecule has 0 atom stereocenters. The molecule has 0 spiro atoms. The number of nitrogens with two attached hydrogens (primary N) is 1. The summed E-state index contributed by atoms with van der Waals surface area (Å²) in [6.45, 7) is 1.01. The van der Waals surface area contributed by atoms with Crippen LogP contribution in [-0.2, 0) is 6.42 Å². The molecule has 0 aliphatic rings. The minimum atomic E-state index is 0.482. The maximum atomic E-state index is 5.65. The van der Waals surface area contributed by atoms with Crippen molar-refractivity contribution in [1.82, 2.24) is 15.1 Å². The number of anilines is 1. The van der Waals surface area contributed by atoms with Crippen molar-refractivity contribution in [3.8, 4) is 17.0 Å². The molecule has 1 aromatic carbocycles. The first-order valence-electron chi connectivity index (χ1n) is 6.23. The Morgan fingerprint density at radius 2 is 2.11 bits per heavy atom. The molecule has 0 aliphatic carbocycles. The second kappa shape index (κ2) is 5.75. The van der Waals surface area contributed by atoms with E-state index in [1.165, 1.54) is 5.56 Å². The minimum absolute atomic E-state index is 0.482. The Kier molecular flexibility index (Phi) is 4.06. The van der Waals surface area contributed by atoms with Gasteiger partial charge in [0.25, 0.3) is 0 Å². The zero-order chi connectivity index (χ0) is 13.8. The molecule has 5 heteroatoms. The number of nitrogens with one attached hydrogen (secondary N) is 1. The number of nitrogen functional groups attached to an aromatic ring is 1. The lowest BCUT2D eigenvalue weighted by Crippen LogP contribution is -2.15. The van der Waals surface area contributed by atoms with Crippen molar-refractivity contribution in [3.63, 3.8) is 0 Å². The van der Waals surface area contributed by atoms with Gasteiger partial charge in [0.1, 0.15) is 11.6 Å². The fourth-order valence-electron chi connectivity index (χ4n) is 1.95. The number of aromatic nitrogens is 2. The van der Waals surface area contributed by atoms with Gasteiger partial charge in [0.15, 0.2) is 0 Å². The van der Waals surface area contributed by atoms with Gasteiger partial charge in [-0.25, -0.2) is 0 Å². The highest BCUT2D eigenvalue weighted by Gasteiger charge is 2.09. The number of nitrogens with zero attached hydrogens (tertiary/aromatic N) is 2. The van der Waals surface area contributed by atoms with Crippen LogP contribution in [-0.4, -0.2) is 42.8 Å². The topological polar surface area (TPSA) is 67.2 Å². The predicted octanol–water partition coefficient (Wildman–Crippen LogP) is 1.77. The maximum absolute atomic E-state index is 5.65. The predicted molar refractivity (Wildman–Crippen MR) is 77.2 cm³/mol. The van der Waals surface area contributed by atoms with Gasteiger partial charge < -0.3 is 15.4 Å². The normalized spacial score (nSPS) is 10.9. The Balaban J connectivity index is 2.31. The fourth-order valence-corrected chi connectivity index (χ4v) is 1.95. The molecule has 2 aromatic rings. The van der Waals surface area contributed by atoms with Gasteiger partial charge in [-0.2, -0.15) is 5.10 Å². The van der Waals surface area contributed by atoms with E-state index in [1.807, 2.05) is 12.1 Å². The molecule has 0 bridgehead atoms. The summed E-state index contributed by atoms with van der Waals surface area (Å²) in [7, 11) is 5.80. The van der Waals surface area contributed by atoms with E-state index in [-0.39, 0.29) is 0 Å². The summed E-state index contributed by atoms with van der Waals surface area (Å²) < 4.78 is 5.39. The molecule has 0 fully saturated rings. The first-order valence-corrected chi connectivity index (χ1v) is 6.23. The first-order chi connectivity index (χ1) is 9.10. The molecule has 19 heavy (non-hydrogen) atoms. The number of rotatable bonds is 5. The smallest absolute Gasteiger partial charge is 0.145 e. The maximum Gasteiger partial charge on any atom is 0.145 e. The lowest BCUT2D eigenvalue weighted by atomic mass is 10.0. The number of methoxy groups -OCH3 is 1. The van der Waals surface area contributed by atoms with Crippen LogP contribution in [0.25, 0.3) is 11.3 Å². The van der Waals surface area contributed by atoms with E-state index >= 15 is 0 Å². The van der Waals surface area contributed by atoms with E-state index in [2.05, 4.69) is 41.3 Å². The van der Waals surface area contributed by atoms with Crippen LogP contribution >= 0.6 is 0 Å². The van der Waals surface area contributed by atoms with Crippen LogP contribution in [0, 0.1) is 0 Å². The number of likely N-dealkylation sites (N-methyl/N-ethyl adjacent to an activating group) is 1. The molecule has 3 N–H and O–H groups in total. The molecular weight excluding hydrogens is 240 g/mol. The molecule has 0 saturated carbocycles. The van der Waals surface area contributed by atoms with Crippen molar-refractivity contribution in [3.05, 3.63) is 29.8 Å². The lowest BCUT2D eigenvalue weighted by Gasteiger charge is -2.12. The van der Waals surface area contributed by atoms with Gasteiger partial charge >= 0.3 is 0 Å². The van der Waals surface area contributed by atoms with Crippen LogP contribution in [0.2, 0.25) is 0 Å². The van der Waals surface area contributed by atoms with E-state index in [0.29, 0.717) is 5.82 Å². The minimum Gasteiger partial charge on any atom is -0.496 e. The fraction of sp³-hybridized carbons (Fsp3) is 0.357. The van der Waals surface area contributed by atoms with Gasteiger partial charge in [0.05, 0.1) is 12.8 Å². The summed E-state index contributed by atoms with van der Waals surface area (Å²) in [6.07, 6.45) is 0.994. The third-order valence-electron chi connectivity index (χ3n) is 3.00. The number of aromatic amines is 1. The second-order valence-corrected chi connectivity index (χ2v) is 4.79. The average Bonchev–Trinajstić information content (AvgIpc) is 2.82. The Labute approximate surface area is 113 Å². The Morgan fingerprint density at radius 3 is 2.68 bits per heavy atom. The van der Waals surface area contributed by atoms with Crippen LogP contribution in [0.5, 0.6) is 5.75 Å². The summed E-state index contributed by atoms with van der Waals surface area (Å²) in [6, 6.07) is 8.01. The van der Waals surface area contributed by atoms with E-state index in [1.54, 1.807) is 7.11 Å². The summed E-state index contributed by atoms with van der Waals surface area (Å²) in [5.41, 5.74) is 8.78. The van der Waals surface area contributed by atoms with Crippen LogP contribution in [0.3, 0.4) is 0 Å². The standard InChI is InChI=1S/C14H20N4O/c1-18(2)7-6-10-4-5-13(19-3)11(8-10)12-9-14(15)17-16-12/h4-5,8-9H,6-7H2,1-3H3,(H3,15,16,17). The third kappa shape index (κ3) is 3.26. The van der Waals surface area contributed by atoms with Gasteiger partial charge in [-0.15, -0.1) is 0 Å². The number of H-pyrrole nitrogens is 1. The van der Waals surface area contributed by atoms with Crippen molar-refractivity contribution in [2.24, 2.45) is 0 Å². The molecule has 1 heterocycles. The lowest BCUT2D eigenvalue weighted by molar-refractivity contribution is 0.411. The summed E-state index contributed by atoms with van der Waals surface area (Å²) in [5, 5.41) is 6.88. The molecule has 0 amide bonds. The monoisotopic (exact) mass is 260 g/mol. The summed E-state index contributed by atoms with van der Waals surface area (Å²) in [4.78, 5) is 2.16. The summed E-state index contributed by atoms with van der Waals surface area (Å²) >= 11 is 0. The highest BCUT2D eigenvalue weighted by atomic mass is 16.5. The number of ether oxygens (including phenoxy) is 1. The van der Waals surface area contributed by atoms with Gasteiger partial charge in [0, 0.05) is 18.2 Å². The van der Waals surface area contributed by atoms with Crippen molar-refractivity contribution < 1.29 is 4.74 Å². The van der Waals surface area contributed by atoms with E-state index in [4.69, 9.17) is 10.5 Å². The van der Waals surface area contributed by atoms with Gasteiger partial charge in [-0.1, -0.05) is 6.07 Å². The molecule has 1 aromatic heterocycles. The molecule has 0 radical (unpaired) electrons. The molecule has 5 nitrogen and oxygen atoms in total. The van der Waals surface area contributed by atoms with E-state index < -0.39 is 0 Å². The van der Waals surface area contributed by atoms with Gasteiger partial charge in [-0.3, -0.25) is 5.10 Å². The van der Waals surface area contributed by atoms with Gasteiger partial charge in [-0.05, 0) is 38.2 Å². The Bertz CT molecular complexity index is 548. The van der Waals surface area contributed by atoms with Crippen LogP contribution in [0.4, 0.5) is 5.82 Å². The van der Waals surface area contributed by atoms with Crippen molar-refractivity contribution in [2.45, 2.75) is 6.42 Å². The first kappa shape index (κ1) is 13.4. The van der Waals surface area contributed by atoms with Crippen molar-refractivity contribution >= 4 is 5.82 Å². The largest absolute Gasteiger partial charge is 0.496 e. The molecule has 0 saturated heterocycles. The van der Waals surface area contributed by atoms with Crippen molar-refractivity contribution in [2.75, 3.05) is 33.5 Å². The number of hydrogen-bond acceptors (Lipinski definition) is 4. The van der Waals surface area contributed by atoms with Gasteiger partial charge in [0.2, 0.25) is 0 Å². The zero-order valence-electron chi connectivity index (χ0n) is 11.6. The van der Waals surface area contributed by atoms with Crippen molar-refractivity contribution in [1.29, 1.82) is 0 Å². The van der Waals surface area contributed by atoms with E-state index in [0.717, 1.165) is 30.0 Å². The number of benzene rings is 1. The Hall–Kier alpha value is -2.01. The molecular formula is C14H20N4O.